The molecule has 0 saturated carbocycles. The summed E-state index contributed by atoms with van der Waals surface area (Å²) in [4.78, 5) is 12.0. The fourth-order valence-corrected chi connectivity index (χ4v) is 3.49. The molecule has 0 radical (unpaired) electrons. The van der Waals surface area contributed by atoms with Crippen molar-refractivity contribution >= 4 is 5.97 Å². The summed E-state index contributed by atoms with van der Waals surface area (Å²) in [5.74, 6) is -0.151. The van der Waals surface area contributed by atoms with E-state index in [9.17, 15) is 4.79 Å². The van der Waals surface area contributed by atoms with Crippen LogP contribution in [0, 0.1) is 0 Å². The van der Waals surface area contributed by atoms with Crippen molar-refractivity contribution in [3.63, 3.8) is 0 Å². The van der Waals surface area contributed by atoms with E-state index in [1.54, 1.807) is 0 Å². The first-order valence-electron chi connectivity index (χ1n) is 12.2. The zero-order valence-corrected chi connectivity index (χ0v) is 19.6. The molecule has 32 heavy (non-hydrogen) atoms. The van der Waals surface area contributed by atoms with E-state index in [2.05, 4.69) is 43.4 Å². The summed E-state index contributed by atoms with van der Waals surface area (Å²) < 4.78 is 16.9. The molecular formula is C28H40O4. The first-order valence-corrected chi connectivity index (χ1v) is 12.2. The highest BCUT2D eigenvalue weighted by atomic mass is 16.7. The van der Waals surface area contributed by atoms with E-state index >= 15 is 0 Å². The molecule has 0 bridgehead atoms. The van der Waals surface area contributed by atoms with Gasteiger partial charge in [0, 0.05) is 12.0 Å². The maximum absolute atomic E-state index is 12.0. The molecule has 0 unspecified atom stereocenters. The summed E-state index contributed by atoms with van der Waals surface area (Å²) in [6.07, 6.45) is 23.0. The Labute approximate surface area is 194 Å². The standard InChI is InChI=1S/C28H40O4/c1-2-3-4-5-6-7-8-9-10-11-12-13-14-15-19-22-27(29)32-26-23-30-28(31-24-26)25-20-17-16-18-21-25/h3-4,6-7,9-10,16-18,20-21,26,28H,2,5,8,11-15,19,22-24H2,1H3. The van der Waals surface area contributed by atoms with Gasteiger partial charge in [-0.05, 0) is 38.5 Å². The molecule has 1 aromatic rings. The molecule has 2 rings (SSSR count). The van der Waals surface area contributed by atoms with Gasteiger partial charge < -0.3 is 14.2 Å². The van der Waals surface area contributed by atoms with Crippen molar-refractivity contribution in [2.45, 2.75) is 83.5 Å². The quantitative estimate of drug-likeness (QED) is 0.164. The van der Waals surface area contributed by atoms with Gasteiger partial charge in [0.05, 0.1) is 13.2 Å². The Kier molecular flexibility index (Phi) is 14.2. The minimum Gasteiger partial charge on any atom is -0.457 e. The second kappa shape index (κ2) is 17.4. The number of ether oxygens (including phenoxy) is 3. The van der Waals surface area contributed by atoms with Crippen molar-refractivity contribution in [2.24, 2.45) is 0 Å². The molecule has 1 aliphatic heterocycles. The van der Waals surface area contributed by atoms with Crippen LogP contribution in [-0.2, 0) is 19.0 Å². The SMILES string of the molecule is CCC=CCC=CCC=CCCCCCCCC(=O)OC1COC(c2ccccc2)OC1. The average Bonchev–Trinajstić information content (AvgIpc) is 2.82. The van der Waals surface area contributed by atoms with E-state index in [-0.39, 0.29) is 18.4 Å². The number of carbonyl (C=O) groups excluding carboxylic acids is 1. The Morgan fingerprint density at radius 2 is 1.50 bits per heavy atom. The predicted octanol–water partition coefficient (Wildman–Crippen LogP) is 7.23. The molecular weight excluding hydrogens is 400 g/mol. The number of allylic oxidation sites excluding steroid dienone is 6. The lowest BCUT2D eigenvalue weighted by atomic mass is 10.1. The van der Waals surface area contributed by atoms with Crippen molar-refractivity contribution < 1.29 is 19.0 Å². The van der Waals surface area contributed by atoms with Gasteiger partial charge in [0.15, 0.2) is 6.29 Å². The van der Waals surface area contributed by atoms with Crippen LogP contribution in [0.1, 0.15) is 83.0 Å². The number of unbranched alkanes of at least 4 members (excludes halogenated alkanes) is 5. The topological polar surface area (TPSA) is 44.8 Å². The molecule has 1 fully saturated rings. The molecule has 1 heterocycles. The highest BCUT2D eigenvalue weighted by Crippen LogP contribution is 2.23. The van der Waals surface area contributed by atoms with Crippen molar-refractivity contribution in [2.75, 3.05) is 13.2 Å². The Balaban J connectivity index is 1.40. The molecule has 0 amide bonds. The van der Waals surface area contributed by atoms with Crippen LogP contribution < -0.4 is 0 Å². The summed E-state index contributed by atoms with van der Waals surface area (Å²) in [6.45, 7) is 2.91. The molecule has 176 valence electrons. The third-order valence-electron chi connectivity index (χ3n) is 5.27. The number of carbonyl (C=O) groups is 1. The number of rotatable bonds is 15. The van der Waals surface area contributed by atoms with Gasteiger partial charge in [-0.2, -0.15) is 0 Å². The van der Waals surface area contributed by atoms with Gasteiger partial charge >= 0.3 is 5.97 Å². The zero-order chi connectivity index (χ0) is 22.7. The smallest absolute Gasteiger partial charge is 0.306 e. The van der Waals surface area contributed by atoms with Gasteiger partial charge in [0.2, 0.25) is 0 Å². The van der Waals surface area contributed by atoms with Crippen LogP contribution >= 0.6 is 0 Å². The second-order valence-corrected chi connectivity index (χ2v) is 8.12. The first kappa shape index (κ1) is 26.1. The van der Waals surface area contributed by atoms with Crippen LogP contribution in [0.2, 0.25) is 0 Å². The summed E-state index contributed by atoms with van der Waals surface area (Å²) >= 11 is 0. The summed E-state index contributed by atoms with van der Waals surface area (Å²) in [6, 6.07) is 9.82. The van der Waals surface area contributed by atoms with Gasteiger partial charge in [-0.3, -0.25) is 4.79 Å². The van der Waals surface area contributed by atoms with E-state index in [0.717, 1.165) is 44.1 Å². The van der Waals surface area contributed by atoms with Gasteiger partial charge in [-0.15, -0.1) is 0 Å². The molecule has 1 saturated heterocycles. The van der Waals surface area contributed by atoms with E-state index in [1.165, 1.54) is 19.3 Å². The van der Waals surface area contributed by atoms with E-state index in [4.69, 9.17) is 14.2 Å². The van der Waals surface area contributed by atoms with Crippen LogP contribution in [0.15, 0.2) is 66.8 Å². The fourth-order valence-electron chi connectivity index (χ4n) is 3.49. The average molecular weight is 441 g/mol. The third kappa shape index (κ3) is 12.0. The monoisotopic (exact) mass is 440 g/mol. The van der Waals surface area contributed by atoms with E-state index in [1.807, 2.05) is 30.3 Å². The molecule has 0 spiro atoms. The minimum absolute atomic E-state index is 0.151. The maximum atomic E-state index is 12.0. The summed E-state index contributed by atoms with van der Waals surface area (Å²) in [5, 5.41) is 0. The maximum Gasteiger partial charge on any atom is 0.306 e. The normalized spacial score (nSPS) is 19.3. The molecule has 0 N–H and O–H groups in total. The summed E-state index contributed by atoms with van der Waals surface area (Å²) in [5.41, 5.74) is 0.986. The Morgan fingerprint density at radius 1 is 0.875 bits per heavy atom. The Morgan fingerprint density at radius 3 is 2.22 bits per heavy atom. The zero-order valence-electron chi connectivity index (χ0n) is 19.6. The van der Waals surface area contributed by atoms with Crippen molar-refractivity contribution in [1.29, 1.82) is 0 Å². The molecule has 4 heteroatoms. The lowest BCUT2D eigenvalue weighted by Gasteiger charge is -2.29. The minimum atomic E-state index is -0.370. The molecule has 0 atom stereocenters. The van der Waals surface area contributed by atoms with E-state index < -0.39 is 0 Å². The van der Waals surface area contributed by atoms with Gasteiger partial charge in [-0.1, -0.05) is 93.0 Å². The molecule has 0 aliphatic carbocycles. The molecule has 1 aliphatic rings. The number of hydrogen-bond acceptors (Lipinski definition) is 4. The van der Waals surface area contributed by atoms with Crippen LogP contribution in [0.4, 0.5) is 0 Å². The molecule has 0 aromatic heterocycles. The number of esters is 1. The second-order valence-electron chi connectivity index (χ2n) is 8.12. The predicted molar refractivity (Wildman–Crippen MR) is 130 cm³/mol. The third-order valence-corrected chi connectivity index (χ3v) is 5.27. The highest BCUT2D eigenvalue weighted by molar-refractivity contribution is 5.69. The van der Waals surface area contributed by atoms with Gasteiger partial charge in [-0.25, -0.2) is 0 Å². The van der Waals surface area contributed by atoms with Crippen molar-refractivity contribution in [1.82, 2.24) is 0 Å². The first-order chi connectivity index (χ1) is 15.8. The number of benzene rings is 1. The lowest BCUT2D eigenvalue weighted by molar-refractivity contribution is -0.229. The largest absolute Gasteiger partial charge is 0.457 e. The van der Waals surface area contributed by atoms with E-state index in [0.29, 0.717) is 19.6 Å². The number of hydrogen-bond donors (Lipinski definition) is 0. The van der Waals surface area contributed by atoms with Gasteiger partial charge in [0.25, 0.3) is 0 Å². The lowest BCUT2D eigenvalue weighted by Crippen LogP contribution is -2.35. The highest BCUT2D eigenvalue weighted by Gasteiger charge is 2.25. The van der Waals surface area contributed by atoms with Crippen LogP contribution in [0.3, 0.4) is 0 Å². The molecule has 1 aromatic carbocycles. The molecule has 4 nitrogen and oxygen atoms in total. The fraction of sp³-hybridized carbons (Fsp3) is 0.536. The van der Waals surface area contributed by atoms with Crippen LogP contribution in [0.25, 0.3) is 0 Å². The van der Waals surface area contributed by atoms with Crippen molar-refractivity contribution in [3.05, 3.63) is 72.4 Å². The van der Waals surface area contributed by atoms with Gasteiger partial charge in [0.1, 0.15) is 6.10 Å². The van der Waals surface area contributed by atoms with Crippen molar-refractivity contribution in [3.8, 4) is 0 Å². The Bertz CT molecular complexity index is 685. The van der Waals surface area contributed by atoms with Crippen LogP contribution in [-0.4, -0.2) is 25.3 Å². The Hall–Kier alpha value is -2.17. The van der Waals surface area contributed by atoms with Crippen LogP contribution in [0.5, 0.6) is 0 Å². The summed E-state index contributed by atoms with van der Waals surface area (Å²) in [7, 11) is 0.